The molecule has 0 spiro atoms. The van der Waals surface area contributed by atoms with Crippen molar-refractivity contribution in [3.05, 3.63) is 70.9 Å². The number of nitrogens with one attached hydrogen (secondary N) is 1. The second kappa shape index (κ2) is 8.19. The lowest BCUT2D eigenvalue weighted by atomic mass is 10.2. The van der Waals surface area contributed by atoms with E-state index in [9.17, 15) is 9.59 Å². The van der Waals surface area contributed by atoms with E-state index < -0.39 is 0 Å². The van der Waals surface area contributed by atoms with Gasteiger partial charge in [-0.2, -0.15) is 4.98 Å². The van der Waals surface area contributed by atoms with E-state index in [0.717, 1.165) is 5.56 Å². The van der Waals surface area contributed by atoms with Gasteiger partial charge in [-0.1, -0.05) is 5.16 Å². The van der Waals surface area contributed by atoms with Gasteiger partial charge in [-0.3, -0.25) is 19.1 Å². The highest BCUT2D eigenvalue weighted by molar-refractivity contribution is 7.22. The first-order chi connectivity index (χ1) is 15.6. The van der Waals surface area contributed by atoms with Gasteiger partial charge < -0.3 is 14.3 Å². The van der Waals surface area contributed by atoms with Crippen molar-refractivity contribution in [2.24, 2.45) is 0 Å². The van der Waals surface area contributed by atoms with Gasteiger partial charge in [0.1, 0.15) is 17.1 Å². The fraction of sp³-hybridized carbons (Fsp3) is 0.143. The third kappa shape index (κ3) is 3.69. The summed E-state index contributed by atoms with van der Waals surface area (Å²) >= 11 is 1.29. The Morgan fingerprint density at radius 3 is 2.88 bits per heavy atom. The summed E-state index contributed by atoms with van der Waals surface area (Å²) < 4.78 is 11.9. The summed E-state index contributed by atoms with van der Waals surface area (Å²) in [5.41, 5.74) is 1.14. The lowest BCUT2D eigenvalue weighted by Gasteiger charge is -2.06. The minimum Gasteiger partial charge on any atom is -0.467 e. The maximum absolute atomic E-state index is 13.0. The molecular weight excluding hydrogens is 432 g/mol. The summed E-state index contributed by atoms with van der Waals surface area (Å²) in [6.45, 7) is 1.89. The van der Waals surface area contributed by atoms with Crippen LogP contribution in [0, 0.1) is 6.92 Å². The number of pyridine rings is 1. The zero-order valence-electron chi connectivity index (χ0n) is 16.8. The summed E-state index contributed by atoms with van der Waals surface area (Å²) in [4.78, 5) is 39.3. The van der Waals surface area contributed by atoms with Gasteiger partial charge in [-0.25, -0.2) is 4.98 Å². The average molecular weight is 448 g/mol. The largest absolute Gasteiger partial charge is 0.467 e. The van der Waals surface area contributed by atoms with Crippen molar-refractivity contribution in [1.29, 1.82) is 0 Å². The second-order valence-electron chi connectivity index (χ2n) is 6.93. The SMILES string of the molecule is Cc1c(-c2nc(-c3ccncc3)no2)sc2ncn(CC(=O)NCc3ccco3)c(=O)c12. The maximum atomic E-state index is 13.0. The number of thiophene rings is 1. The van der Waals surface area contributed by atoms with E-state index in [1.807, 2.05) is 0 Å². The Morgan fingerprint density at radius 2 is 2.09 bits per heavy atom. The van der Waals surface area contributed by atoms with Gasteiger partial charge >= 0.3 is 0 Å². The monoisotopic (exact) mass is 448 g/mol. The molecule has 0 radical (unpaired) electrons. The van der Waals surface area contributed by atoms with Crippen LogP contribution in [0.25, 0.3) is 32.4 Å². The number of nitrogens with zero attached hydrogens (tertiary/aromatic N) is 5. The molecule has 0 atom stereocenters. The fourth-order valence-corrected chi connectivity index (χ4v) is 4.28. The number of hydrogen-bond acceptors (Lipinski definition) is 9. The summed E-state index contributed by atoms with van der Waals surface area (Å²) in [6.07, 6.45) is 6.19. The van der Waals surface area contributed by atoms with Gasteiger partial charge in [0, 0.05) is 18.0 Å². The van der Waals surface area contributed by atoms with Gasteiger partial charge in [-0.05, 0) is 36.8 Å². The van der Waals surface area contributed by atoms with Crippen molar-refractivity contribution >= 4 is 27.5 Å². The van der Waals surface area contributed by atoms with E-state index in [-0.39, 0.29) is 24.6 Å². The van der Waals surface area contributed by atoms with Crippen LogP contribution in [0.2, 0.25) is 0 Å². The number of carbonyl (C=O) groups is 1. The highest BCUT2D eigenvalue weighted by atomic mass is 32.1. The van der Waals surface area contributed by atoms with Crippen LogP contribution in [0.4, 0.5) is 0 Å². The zero-order valence-corrected chi connectivity index (χ0v) is 17.6. The minimum absolute atomic E-state index is 0.153. The van der Waals surface area contributed by atoms with E-state index in [2.05, 4.69) is 25.4 Å². The Morgan fingerprint density at radius 1 is 1.25 bits per heavy atom. The van der Waals surface area contributed by atoms with Gasteiger partial charge in [0.05, 0.1) is 29.4 Å². The first kappa shape index (κ1) is 19.8. The van der Waals surface area contributed by atoms with Gasteiger partial charge in [0.15, 0.2) is 0 Å². The Balaban J connectivity index is 1.42. The minimum atomic E-state index is -0.323. The molecule has 0 saturated carbocycles. The molecule has 11 heteroatoms. The number of amides is 1. The first-order valence-corrected chi connectivity index (χ1v) is 10.4. The molecular formula is C21H16N6O4S. The van der Waals surface area contributed by atoms with E-state index in [4.69, 9.17) is 8.94 Å². The van der Waals surface area contributed by atoms with Gasteiger partial charge in [0.2, 0.25) is 11.7 Å². The van der Waals surface area contributed by atoms with Crippen LogP contribution in [0.1, 0.15) is 11.3 Å². The van der Waals surface area contributed by atoms with Crippen LogP contribution in [-0.2, 0) is 17.9 Å². The molecule has 1 amide bonds. The number of fused-ring (bicyclic) bond motifs is 1. The van der Waals surface area contributed by atoms with Crippen LogP contribution in [0.3, 0.4) is 0 Å². The molecule has 0 saturated heterocycles. The number of aromatic nitrogens is 5. The smallest absolute Gasteiger partial charge is 0.268 e. The van der Waals surface area contributed by atoms with Gasteiger partial charge in [0.25, 0.3) is 11.4 Å². The molecule has 5 rings (SSSR count). The van der Waals surface area contributed by atoms with Crippen molar-refractivity contribution in [2.45, 2.75) is 20.0 Å². The third-order valence-electron chi connectivity index (χ3n) is 4.83. The van der Waals surface area contributed by atoms with Crippen LogP contribution in [0.5, 0.6) is 0 Å². The van der Waals surface area contributed by atoms with E-state index in [1.54, 1.807) is 43.6 Å². The van der Waals surface area contributed by atoms with Crippen LogP contribution < -0.4 is 10.9 Å². The summed E-state index contributed by atoms with van der Waals surface area (Å²) in [7, 11) is 0. The van der Waals surface area contributed by atoms with E-state index in [0.29, 0.717) is 38.1 Å². The number of hydrogen-bond donors (Lipinski definition) is 1. The molecule has 0 fully saturated rings. The molecule has 5 heterocycles. The molecule has 1 N–H and O–H groups in total. The lowest BCUT2D eigenvalue weighted by molar-refractivity contribution is -0.122. The molecule has 0 aliphatic carbocycles. The number of aryl methyl sites for hydroxylation is 1. The van der Waals surface area contributed by atoms with Gasteiger partial charge in [-0.15, -0.1) is 11.3 Å². The normalized spacial score (nSPS) is 11.2. The molecule has 5 aromatic heterocycles. The summed E-state index contributed by atoms with van der Waals surface area (Å²) in [5, 5.41) is 7.17. The van der Waals surface area contributed by atoms with Crippen molar-refractivity contribution in [1.82, 2.24) is 30.0 Å². The highest BCUT2D eigenvalue weighted by Crippen LogP contribution is 2.35. The number of carbonyl (C=O) groups excluding carboxylic acids is 1. The zero-order chi connectivity index (χ0) is 22.1. The quantitative estimate of drug-likeness (QED) is 0.420. The standard InChI is InChI=1S/C21H16N6O4S/c1-12-16-20(32-17(12)19-25-18(26-31-19)13-4-6-22-7-5-13)24-11-27(21(16)29)10-15(28)23-9-14-3-2-8-30-14/h2-8,11H,9-10H2,1H3,(H,23,28). The molecule has 32 heavy (non-hydrogen) atoms. The van der Waals surface area contributed by atoms with Crippen LogP contribution in [-0.4, -0.2) is 30.6 Å². The lowest BCUT2D eigenvalue weighted by Crippen LogP contribution is -2.32. The average Bonchev–Trinajstić information content (AvgIpc) is 3.55. The Bertz CT molecular complexity index is 1450. The fourth-order valence-electron chi connectivity index (χ4n) is 3.22. The van der Waals surface area contributed by atoms with Crippen LogP contribution >= 0.6 is 11.3 Å². The highest BCUT2D eigenvalue weighted by Gasteiger charge is 2.21. The molecule has 0 aromatic carbocycles. The van der Waals surface area contributed by atoms with E-state index in [1.165, 1.54) is 28.5 Å². The Hall–Kier alpha value is -4.12. The first-order valence-electron chi connectivity index (χ1n) is 9.62. The van der Waals surface area contributed by atoms with Crippen molar-refractivity contribution in [3.8, 4) is 22.2 Å². The summed E-state index contributed by atoms with van der Waals surface area (Å²) in [5.74, 6) is 1.04. The predicted octanol–water partition coefficient (Wildman–Crippen LogP) is 2.79. The summed E-state index contributed by atoms with van der Waals surface area (Å²) in [6, 6.07) is 7.06. The second-order valence-corrected chi connectivity index (χ2v) is 7.93. The Kier molecular flexibility index (Phi) is 5.07. The molecule has 0 bridgehead atoms. The molecule has 5 aromatic rings. The van der Waals surface area contributed by atoms with Crippen molar-refractivity contribution < 1.29 is 13.7 Å². The molecule has 0 unspecified atom stereocenters. The number of furan rings is 1. The topological polar surface area (TPSA) is 129 Å². The van der Waals surface area contributed by atoms with Crippen molar-refractivity contribution in [2.75, 3.05) is 0 Å². The molecule has 0 aliphatic heterocycles. The maximum Gasteiger partial charge on any atom is 0.268 e. The number of rotatable bonds is 6. The molecule has 160 valence electrons. The van der Waals surface area contributed by atoms with Crippen molar-refractivity contribution in [3.63, 3.8) is 0 Å². The predicted molar refractivity (Wildman–Crippen MR) is 116 cm³/mol. The van der Waals surface area contributed by atoms with Crippen LogP contribution in [0.15, 0.2) is 63.0 Å². The van der Waals surface area contributed by atoms with E-state index >= 15 is 0 Å². The Labute approximate surface area is 184 Å². The molecule has 10 nitrogen and oxygen atoms in total. The third-order valence-corrected chi connectivity index (χ3v) is 6.02. The molecule has 0 aliphatic rings.